The van der Waals surface area contributed by atoms with Gasteiger partial charge in [-0.2, -0.15) is 10.2 Å². The van der Waals surface area contributed by atoms with E-state index in [2.05, 4.69) is 60.4 Å². The van der Waals surface area contributed by atoms with E-state index >= 15 is 0 Å². The highest BCUT2D eigenvalue weighted by Crippen LogP contribution is 2.25. The molecule has 0 fully saturated rings. The Morgan fingerprint density at radius 3 is 1.68 bits per heavy atom. The highest BCUT2D eigenvalue weighted by Gasteiger charge is 2.16. The summed E-state index contributed by atoms with van der Waals surface area (Å²) in [5.74, 6) is 0. The van der Waals surface area contributed by atoms with Crippen molar-refractivity contribution in [1.82, 2.24) is 0 Å². The molecule has 4 heteroatoms. The van der Waals surface area contributed by atoms with Crippen molar-refractivity contribution >= 4 is 22.7 Å². The number of hydrogen-bond donors (Lipinski definition) is 1. The molecule has 0 aliphatic carbocycles. The van der Waals surface area contributed by atoms with E-state index in [4.69, 9.17) is 0 Å². The minimum Gasteiger partial charge on any atom is -0.388 e. The topological polar surface area (TPSA) is 40.0 Å². The van der Waals surface area contributed by atoms with Crippen LogP contribution in [-0.4, -0.2) is 19.6 Å². The lowest BCUT2D eigenvalue weighted by Crippen LogP contribution is -2.37. The van der Waals surface area contributed by atoms with Gasteiger partial charge in [-0.25, -0.2) is 0 Å². The van der Waals surface area contributed by atoms with Gasteiger partial charge in [0.2, 0.25) is 0 Å². The molecule has 2 aromatic rings. The summed E-state index contributed by atoms with van der Waals surface area (Å²) < 4.78 is 0. The van der Waals surface area contributed by atoms with Crippen LogP contribution in [0.4, 0.5) is 22.7 Å². The molecule has 116 valence electrons. The number of nitrogens with zero attached hydrogens (tertiary/aromatic N) is 3. The first-order valence-corrected chi connectivity index (χ1v) is 7.43. The SMILES string of the molecule is CNc1ccc(N=Nc2ccc(N(C)C(C)(C)C)cc2)cc1. The van der Waals surface area contributed by atoms with E-state index in [1.54, 1.807) is 0 Å². The van der Waals surface area contributed by atoms with Gasteiger partial charge in [0.25, 0.3) is 0 Å². The van der Waals surface area contributed by atoms with Crippen LogP contribution in [0.25, 0.3) is 0 Å². The van der Waals surface area contributed by atoms with Crippen molar-refractivity contribution in [3.8, 4) is 0 Å². The fourth-order valence-electron chi connectivity index (χ4n) is 1.94. The van der Waals surface area contributed by atoms with Crippen LogP contribution in [-0.2, 0) is 0 Å². The Balaban J connectivity index is 2.08. The van der Waals surface area contributed by atoms with E-state index in [1.165, 1.54) is 5.69 Å². The molecule has 2 rings (SSSR count). The molecule has 0 saturated heterocycles. The van der Waals surface area contributed by atoms with Gasteiger partial charge in [0, 0.05) is 31.0 Å². The van der Waals surface area contributed by atoms with Crippen LogP contribution in [0.3, 0.4) is 0 Å². The lowest BCUT2D eigenvalue weighted by molar-refractivity contribution is 0.539. The molecule has 0 bridgehead atoms. The standard InChI is InChI=1S/C18H24N4/c1-18(2,3)22(5)17-12-10-16(11-13-17)21-20-15-8-6-14(19-4)7-9-15/h6-13,19H,1-5H3. The van der Waals surface area contributed by atoms with Gasteiger partial charge in [-0.3, -0.25) is 0 Å². The van der Waals surface area contributed by atoms with Crippen molar-refractivity contribution in [2.45, 2.75) is 26.3 Å². The molecule has 22 heavy (non-hydrogen) atoms. The zero-order valence-corrected chi connectivity index (χ0v) is 14.0. The summed E-state index contributed by atoms with van der Waals surface area (Å²) in [5.41, 5.74) is 4.02. The van der Waals surface area contributed by atoms with E-state index in [0.29, 0.717) is 0 Å². The summed E-state index contributed by atoms with van der Waals surface area (Å²) >= 11 is 0. The van der Waals surface area contributed by atoms with E-state index < -0.39 is 0 Å². The Morgan fingerprint density at radius 1 is 0.818 bits per heavy atom. The fraction of sp³-hybridized carbons (Fsp3) is 0.333. The number of azo groups is 1. The van der Waals surface area contributed by atoms with E-state index in [9.17, 15) is 0 Å². The third-order valence-corrected chi connectivity index (χ3v) is 3.68. The highest BCUT2D eigenvalue weighted by molar-refractivity contribution is 5.54. The van der Waals surface area contributed by atoms with Gasteiger partial charge in [0.15, 0.2) is 0 Å². The summed E-state index contributed by atoms with van der Waals surface area (Å²) in [6.45, 7) is 6.57. The van der Waals surface area contributed by atoms with E-state index in [0.717, 1.165) is 17.1 Å². The molecule has 0 atom stereocenters. The maximum absolute atomic E-state index is 4.28. The molecule has 4 nitrogen and oxygen atoms in total. The molecule has 0 aromatic heterocycles. The van der Waals surface area contributed by atoms with Crippen molar-refractivity contribution < 1.29 is 0 Å². The minimum absolute atomic E-state index is 0.0953. The Bertz CT molecular complexity index is 622. The molecule has 0 amide bonds. The summed E-state index contributed by atoms with van der Waals surface area (Å²) in [6, 6.07) is 16.0. The molecule has 0 aliphatic heterocycles. The summed E-state index contributed by atoms with van der Waals surface area (Å²) in [5, 5.41) is 11.6. The van der Waals surface area contributed by atoms with Crippen LogP contribution >= 0.6 is 0 Å². The first kappa shape index (κ1) is 16.0. The second-order valence-corrected chi connectivity index (χ2v) is 6.24. The van der Waals surface area contributed by atoms with Crippen LogP contribution < -0.4 is 10.2 Å². The lowest BCUT2D eigenvalue weighted by atomic mass is 10.1. The smallest absolute Gasteiger partial charge is 0.0858 e. The van der Waals surface area contributed by atoms with Gasteiger partial charge in [-0.15, -0.1) is 0 Å². The average molecular weight is 296 g/mol. The predicted molar refractivity (Wildman–Crippen MR) is 94.8 cm³/mol. The van der Waals surface area contributed by atoms with Crippen LogP contribution in [0.1, 0.15) is 20.8 Å². The second-order valence-electron chi connectivity index (χ2n) is 6.24. The average Bonchev–Trinajstić information content (AvgIpc) is 2.52. The van der Waals surface area contributed by atoms with Crippen molar-refractivity contribution in [3.63, 3.8) is 0 Å². The highest BCUT2D eigenvalue weighted by atomic mass is 15.2. The fourth-order valence-corrected chi connectivity index (χ4v) is 1.94. The molecule has 0 heterocycles. The van der Waals surface area contributed by atoms with Gasteiger partial charge in [0.1, 0.15) is 0 Å². The quantitative estimate of drug-likeness (QED) is 0.769. The maximum Gasteiger partial charge on any atom is 0.0858 e. The van der Waals surface area contributed by atoms with Gasteiger partial charge in [-0.05, 0) is 69.3 Å². The first-order chi connectivity index (χ1) is 10.4. The molecular weight excluding hydrogens is 272 g/mol. The molecular formula is C18H24N4. The van der Waals surface area contributed by atoms with Crippen LogP contribution in [0.2, 0.25) is 0 Å². The largest absolute Gasteiger partial charge is 0.388 e. The monoisotopic (exact) mass is 296 g/mol. The third-order valence-electron chi connectivity index (χ3n) is 3.68. The normalized spacial score (nSPS) is 11.7. The van der Waals surface area contributed by atoms with Crippen molar-refractivity contribution in [1.29, 1.82) is 0 Å². The molecule has 0 spiro atoms. The Hall–Kier alpha value is -2.36. The Labute approximate surface area is 132 Å². The minimum atomic E-state index is 0.0953. The van der Waals surface area contributed by atoms with Crippen molar-refractivity contribution in [2.24, 2.45) is 10.2 Å². The molecule has 0 saturated carbocycles. The Kier molecular flexibility index (Phi) is 4.81. The van der Waals surface area contributed by atoms with Crippen molar-refractivity contribution in [3.05, 3.63) is 48.5 Å². The van der Waals surface area contributed by atoms with Crippen LogP contribution in [0, 0.1) is 0 Å². The van der Waals surface area contributed by atoms with E-state index in [1.807, 2.05) is 43.4 Å². The number of nitrogens with one attached hydrogen (secondary N) is 1. The van der Waals surface area contributed by atoms with E-state index in [-0.39, 0.29) is 5.54 Å². The van der Waals surface area contributed by atoms with Gasteiger partial charge in [0.05, 0.1) is 11.4 Å². The van der Waals surface area contributed by atoms with Gasteiger partial charge in [-0.1, -0.05) is 0 Å². The summed E-state index contributed by atoms with van der Waals surface area (Å²) in [4.78, 5) is 2.24. The third kappa shape index (κ3) is 4.07. The number of anilines is 2. The maximum atomic E-state index is 4.28. The van der Waals surface area contributed by atoms with Gasteiger partial charge < -0.3 is 10.2 Å². The lowest BCUT2D eigenvalue weighted by Gasteiger charge is -2.34. The predicted octanol–water partition coefficient (Wildman–Crippen LogP) is 5.38. The van der Waals surface area contributed by atoms with Crippen LogP contribution in [0.5, 0.6) is 0 Å². The molecule has 1 N–H and O–H groups in total. The van der Waals surface area contributed by atoms with Gasteiger partial charge >= 0.3 is 0 Å². The van der Waals surface area contributed by atoms with Crippen molar-refractivity contribution in [2.75, 3.05) is 24.3 Å². The second kappa shape index (κ2) is 6.60. The molecule has 0 aliphatic rings. The molecule has 0 unspecified atom stereocenters. The molecule has 2 aromatic carbocycles. The number of rotatable bonds is 4. The molecule has 0 radical (unpaired) electrons. The summed E-state index contributed by atoms with van der Waals surface area (Å²) in [7, 11) is 3.99. The first-order valence-electron chi connectivity index (χ1n) is 7.43. The zero-order valence-electron chi connectivity index (χ0n) is 14.0. The zero-order chi connectivity index (χ0) is 16.2. The number of hydrogen-bond acceptors (Lipinski definition) is 4. The number of benzene rings is 2. The Morgan fingerprint density at radius 2 is 1.27 bits per heavy atom. The summed E-state index contributed by atoms with van der Waals surface area (Å²) in [6.07, 6.45) is 0. The van der Waals surface area contributed by atoms with Crippen LogP contribution in [0.15, 0.2) is 58.8 Å².